The Labute approximate surface area is 205 Å². The second-order valence-corrected chi connectivity index (χ2v) is 9.37. The topological polar surface area (TPSA) is 93.4 Å². The Kier molecular flexibility index (Phi) is 5.68. The number of ether oxygens (including phenoxy) is 1. The number of hydrogen-bond donors (Lipinski definition) is 1. The van der Waals surface area contributed by atoms with Gasteiger partial charge in [-0.05, 0) is 49.9 Å². The summed E-state index contributed by atoms with van der Waals surface area (Å²) in [5, 5.41) is 13.1. The van der Waals surface area contributed by atoms with Gasteiger partial charge in [-0.1, -0.05) is 0 Å². The number of aromatic nitrogens is 3. The van der Waals surface area contributed by atoms with Crippen molar-refractivity contribution in [2.45, 2.75) is 18.5 Å². The highest BCUT2D eigenvalue weighted by molar-refractivity contribution is 5.69. The molecule has 178 valence electrons. The van der Waals surface area contributed by atoms with E-state index < -0.39 is 0 Å². The molecule has 0 amide bonds. The number of piperazine rings is 1. The van der Waals surface area contributed by atoms with E-state index in [0.717, 1.165) is 67.8 Å². The summed E-state index contributed by atoms with van der Waals surface area (Å²) < 4.78 is 5.42. The van der Waals surface area contributed by atoms with E-state index in [-0.39, 0.29) is 0 Å². The van der Waals surface area contributed by atoms with Crippen LogP contribution in [-0.4, -0.2) is 78.4 Å². The summed E-state index contributed by atoms with van der Waals surface area (Å²) in [6.07, 6.45) is 4.75. The maximum atomic E-state index is 9.84. The molecule has 35 heavy (non-hydrogen) atoms. The third-order valence-electron chi connectivity index (χ3n) is 7.23. The number of benzene rings is 1. The predicted molar refractivity (Wildman–Crippen MR) is 135 cm³/mol. The fourth-order valence-electron chi connectivity index (χ4n) is 5.34. The first-order chi connectivity index (χ1) is 17.2. The Hall–Kier alpha value is -3.74. The van der Waals surface area contributed by atoms with Gasteiger partial charge in [0.25, 0.3) is 0 Å². The molecule has 0 aliphatic carbocycles. The summed E-state index contributed by atoms with van der Waals surface area (Å²) in [7, 11) is 2.18. The SMILES string of the molecule is CN1CC2CC1CN2c1ccc(Nc2nccc(-c3ccc(N4CCOCC4)nc3)n2)cc1C#N. The Bertz CT molecular complexity index is 1250. The van der Waals surface area contributed by atoms with Crippen molar-refractivity contribution in [3.63, 3.8) is 0 Å². The van der Waals surface area contributed by atoms with Crippen LogP contribution in [-0.2, 0) is 4.74 Å². The van der Waals surface area contributed by atoms with Gasteiger partial charge >= 0.3 is 0 Å². The first-order valence-corrected chi connectivity index (χ1v) is 12.1. The van der Waals surface area contributed by atoms with Crippen LogP contribution in [0.2, 0.25) is 0 Å². The molecule has 2 unspecified atom stereocenters. The molecule has 3 fully saturated rings. The molecule has 5 heterocycles. The minimum absolute atomic E-state index is 0.484. The number of anilines is 4. The van der Waals surface area contributed by atoms with E-state index in [4.69, 9.17) is 4.74 Å². The van der Waals surface area contributed by atoms with Crippen molar-refractivity contribution >= 4 is 23.1 Å². The third-order valence-corrected chi connectivity index (χ3v) is 7.23. The fraction of sp³-hybridized carbons (Fsp3) is 0.385. The van der Waals surface area contributed by atoms with Crippen molar-refractivity contribution in [1.29, 1.82) is 5.26 Å². The van der Waals surface area contributed by atoms with E-state index in [1.165, 1.54) is 6.42 Å². The molecule has 2 atom stereocenters. The number of likely N-dealkylation sites (tertiary alicyclic amines) is 1. The van der Waals surface area contributed by atoms with Crippen molar-refractivity contribution in [3.05, 3.63) is 54.4 Å². The quantitative estimate of drug-likeness (QED) is 0.607. The van der Waals surface area contributed by atoms with E-state index in [2.05, 4.69) is 48.1 Å². The molecule has 3 saturated heterocycles. The molecule has 0 saturated carbocycles. The number of pyridine rings is 1. The van der Waals surface area contributed by atoms with Gasteiger partial charge in [-0.15, -0.1) is 0 Å². The molecule has 1 aromatic carbocycles. The first-order valence-electron chi connectivity index (χ1n) is 12.1. The molecule has 9 heteroatoms. The second-order valence-electron chi connectivity index (χ2n) is 9.37. The Morgan fingerprint density at radius 2 is 1.94 bits per heavy atom. The van der Waals surface area contributed by atoms with Crippen molar-refractivity contribution < 1.29 is 4.74 Å². The zero-order valence-electron chi connectivity index (χ0n) is 19.8. The van der Waals surface area contributed by atoms with Gasteiger partial charge < -0.3 is 19.9 Å². The predicted octanol–water partition coefficient (Wildman–Crippen LogP) is 2.88. The lowest BCUT2D eigenvalue weighted by atomic mass is 10.1. The first kappa shape index (κ1) is 21.8. The van der Waals surface area contributed by atoms with Crippen LogP contribution in [0.3, 0.4) is 0 Å². The number of morpholine rings is 1. The summed E-state index contributed by atoms with van der Waals surface area (Å²) in [4.78, 5) is 20.7. The Morgan fingerprint density at radius 3 is 2.66 bits per heavy atom. The molecular weight excluding hydrogens is 440 g/mol. The van der Waals surface area contributed by atoms with E-state index in [9.17, 15) is 5.26 Å². The second kappa shape index (κ2) is 9.13. The number of nitrogens with one attached hydrogen (secondary N) is 1. The molecular formula is C26H28N8O. The van der Waals surface area contributed by atoms with Crippen LogP contribution in [0.25, 0.3) is 11.3 Å². The lowest BCUT2D eigenvalue weighted by molar-refractivity contribution is 0.122. The molecule has 3 aliphatic rings. The van der Waals surface area contributed by atoms with Crippen LogP contribution >= 0.6 is 0 Å². The molecule has 0 radical (unpaired) electrons. The van der Waals surface area contributed by atoms with Crippen molar-refractivity contribution in [2.24, 2.45) is 0 Å². The molecule has 2 bridgehead atoms. The lowest BCUT2D eigenvalue weighted by Crippen LogP contribution is -2.44. The summed E-state index contributed by atoms with van der Waals surface area (Å²) in [5.74, 6) is 1.43. The Morgan fingerprint density at radius 1 is 1.06 bits per heavy atom. The minimum atomic E-state index is 0.484. The van der Waals surface area contributed by atoms with Crippen LogP contribution in [0, 0.1) is 11.3 Å². The highest BCUT2D eigenvalue weighted by Crippen LogP contribution is 2.36. The van der Waals surface area contributed by atoms with Crippen LogP contribution in [0.15, 0.2) is 48.8 Å². The number of rotatable bonds is 5. The average molecular weight is 469 g/mol. The van der Waals surface area contributed by atoms with E-state index in [1.54, 1.807) is 6.20 Å². The van der Waals surface area contributed by atoms with Gasteiger partial charge in [0, 0.05) is 61.9 Å². The summed E-state index contributed by atoms with van der Waals surface area (Å²) in [6, 6.07) is 15.3. The van der Waals surface area contributed by atoms with Crippen LogP contribution < -0.4 is 15.1 Å². The number of hydrogen-bond acceptors (Lipinski definition) is 9. The number of fused-ring (bicyclic) bond motifs is 2. The maximum absolute atomic E-state index is 9.84. The molecule has 0 spiro atoms. The summed E-state index contributed by atoms with van der Waals surface area (Å²) in [5.41, 5.74) is 4.20. The van der Waals surface area contributed by atoms with Crippen LogP contribution in [0.4, 0.5) is 23.1 Å². The van der Waals surface area contributed by atoms with E-state index in [1.807, 2.05) is 42.6 Å². The summed E-state index contributed by atoms with van der Waals surface area (Å²) >= 11 is 0. The maximum Gasteiger partial charge on any atom is 0.227 e. The smallest absolute Gasteiger partial charge is 0.227 e. The van der Waals surface area contributed by atoms with Crippen LogP contribution in [0.5, 0.6) is 0 Å². The largest absolute Gasteiger partial charge is 0.378 e. The molecule has 2 aromatic heterocycles. The number of likely N-dealkylation sites (N-methyl/N-ethyl adjacent to an activating group) is 1. The third kappa shape index (κ3) is 4.27. The van der Waals surface area contributed by atoms with Gasteiger partial charge in [-0.2, -0.15) is 5.26 Å². The number of nitriles is 1. The van der Waals surface area contributed by atoms with Gasteiger partial charge in [-0.25, -0.2) is 15.0 Å². The van der Waals surface area contributed by atoms with Crippen LogP contribution in [0.1, 0.15) is 12.0 Å². The van der Waals surface area contributed by atoms with Gasteiger partial charge in [0.05, 0.1) is 30.2 Å². The normalized spacial score (nSPS) is 21.8. The van der Waals surface area contributed by atoms with Gasteiger partial charge in [0.15, 0.2) is 0 Å². The molecule has 3 aliphatic heterocycles. The molecule has 6 rings (SSSR count). The highest BCUT2D eigenvalue weighted by Gasteiger charge is 2.42. The van der Waals surface area contributed by atoms with Crippen molar-refractivity contribution in [2.75, 3.05) is 61.6 Å². The lowest BCUT2D eigenvalue weighted by Gasteiger charge is -2.34. The van der Waals surface area contributed by atoms with Gasteiger partial charge in [0.1, 0.15) is 11.9 Å². The minimum Gasteiger partial charge on any atom is -0.378 e. The van der Waals surface area contributed by atoms with Crippen molar-refractivity contribution in [3.8, 4) is 17.3 Å². The molecule has 9 nitrogen and oxygen atoms in total. The Balaban J connectivity index is 1.18. The standard InChI is InChI=1S/C26H28N8O/c1-32-16-22-13-21(32)17-34(22)24-4-3-20(12-19(24)14-27)30-26-28-7-6-23(31-26)18-2-5-25(29-15-18)33-8-10-35-11-9-33/h2-7,12,15,21-22H,8-11,13,16-17H2,1H3,(H,28,30,31). The van der Waals surface area contributed by atoms with E-state index in [0.29, 0.717) is 23.6 Å². The fourth-order valence-corrected chi connectivity index (χ4v) is 5.34. The molecule has 3 aromatic rings. The van der Waals surface area contributed by atoms with Gasteiger partial charge in [-0.3, -0.25) is 4.90 Å². The van der Waals surface area contributed by atoms with E-state index >= 15 is 0 Å². The summed E-state index contributed by atoms with van der Waals surface area (Å²) in [6.45, 7) is 5.20. The number of nitrogens with zero attached hydrogens (tertiary/aromatic N) is 7. The van der Waals surface area contributed by atoms with Crippen molar-refractivity contribution in [1.82, 2.24) is 19.9 Å². The van der Waals surface area contributed by atoms with Gasteiger partial charge in [0.2, 0.25) is 5.95 Å². The zero-order chi connectivity index (χ0) is 23.8. The highest BCUT2D eigenvalue weighted by atomic mass is 16.5. The zero-order valence-corrected chi connectivity index (χ0v) is 19.8. The average Bonchev–Trinajstić information content (AvgIpc) is 3.49. The molecule has 1 N–H and O–H groups in total. The monoisotopic (exact) mass is 468 g/mol.